The van der Waals surface area contributed by atoms with Crippen molar-refractivity contribution >= 4 is 23.2 Å². The second-order valence-electron chi connectivity index (χ2n) is 4.74. The van der Waals surface area contributed by atoms with Gasteiger partial charge in [0.25, 0.3) is 0 Å². The first-order valence-corrected chi connectivity index (χ1v) is 7.41. The second kappa shape index (κ2) is 6.57. The summed E-state index contributed by atoms with van der Waals surface area (Å²) in [5.41, 5.74) is 2.70. The minimum Gasteiger partial charge on any atom is -0.309 e. The summed E-state index contributed by atoms with van der Waals surface area (Å²) in [6.45, 7) is 7.16. The third-order valence-corrected chi connectivity index (χ3v) is 3.72. The van der Waals surface area contributed by atoms with Gasteiger partial charge in [0.2, 0.25) is 0 Å². The standard InChI is InChI=1S/C14H18Cl2N4/c1-4-7-17-9(2)14-10(3)20(19-18-14)13-6-5-11(15)8-12(13)16/h5-6,8-9,17H,4,7H2,1-3H3. The molecule has 0 spiro atoms. The molecular formula is C14H18Cl2N4. The zero-order valence-corrected chi connectivity index (χ0v) is 13.3. The van der Waals surface area contributed by atoms with Gasteiger partial charge >= 0.3 is 0 Å². The van der Waals surface area contributed by atoms with Crippen LogP contribution in [0.5, 0.6) is 0 Å². The van der Waals surface area contributed by atoms with E-state index in [0.29, 0.717) is 10.0 Å². The van der Waals surface area contributed by atoms with E-state index in [4.69, 9.17) is 23.2 Å². The number of aromatic nitrogens is 3. The highest BCUT2D eigenvalue weighted by Gasteiger charge is 2.17. The third-order valence-electron chi connectivity index (χ3n) is 3.18. The Morgan fingerprint density at radius 3 is 2.75 bits per heavy atom. The Bertz CT molecular complexity index is 595. The van der Waals surface area contributed by atoms with Gasteiger partial charge in [-0.25, -0.2) is 4.68 Å². The third kappa shape index (κ3) is 3.14. The first-order valence-electron chi connectivity index (χ1n) is 6.65. The largest absolute Gasteiger partial charge is 0.309 e. The highest BCUT2D eigenvalue weighted by atomic mass is 35.5. The minimum atomic E-state index is 0.162. The molecule has 0 fully saturated rings. The van der Waals surface area contributed by atoms with Crippen molar-refractivity contribution in [1.29, 1.82) is 0 Å². The van der Waals surface area contributed by atoms with Crippen molar-refractivity contribution < 1.29 is 0 Å². The second-order valence-corrected chi connectivity index (χ2v) is 5.59. The maximum atomic E-state index is 6.22. The lowest BCUT2D eigenvalue weighted by Crippen LogP contribution is -2.20. The van der Waals surface area contributed by atoms with E-state index >= 15 is 0 Å². The summed E-state index contributed by atoms with van der Waals surface area (Å²) >= 11 is 12.1. The number of nitrogens with zero attached hydrogens (tertiary/aromatic N) is 3. The highest BCUT2D eigenvalue weighted by Crippen LogP contribution is 2.26. The molecule has 0 radical (unpaired) electrons. The maximum absolute atomic E-state index is 6.22. The molecule has 1 aromatic carbocycles. The van der Waals surface area contributed by atoms with Crippen LogP contribution in [0.4, 0.5) is 0 Å². The molecule has 1 aromatic heterocycles. The van der Waals surface area contributed by atoms with Gasteiger partial charge in [-0.15, -0.1) is 5.10 Å². The van der Waals surface area contributed by atoms with Crippen molar-refractivity contribution in [3.05, 3.63) is 39.6 Å². The molecule has 2 aromatic rings. The maximum Gasteiger partial charge on any atom is 0.103 e. The van der Waals surface area contributed by atoms with E-state index in [1.807, 2.05) is 13.0 Å². The van der Waals surface area contributed by atoms with Gasteiger partial charge in [-0.1, -0.05) is 35.3 Å². The van der Waals surface area contributed by atoms with Crippen LogP contribution in [0.1, 0.15) is 37.7 Å². The number of benzene rings is 1. The number of hydrogen-bond donors (Lipinski definition) is 1. The SMILES string of the molecule is CCCNC(C)c1nnn(-c2ccc(Cl)cc2Cl)c1C. The predicted molar refractivity (Wildman–Crippen MR) is 82.8 cm³/mol. The first kappa shape index (κ1) is 15.3. The van der Waals surface area contributed by atoms with Gasteiger partial charge < -0.3 is 5.32 Å². The van der Waals surface area contributed by atoms with Crippen molar-refractivity contribution in [2.45, 2.75) is 33.2 Å². The zero-order valence-electron chi connectivity index (χ0n) is 11.8. The summed E-state index contributed by atoms with van der Waals surface area (Å²) in [7, 11) is 0. The lowest BCUT2D eigenvalue weighted by atomic mass is 10.2. The summed E-state index contributed by atoms with van der Waals surface area (Å²) in [5.74, 6) is 0. The molecule has 2 rings (SSSR count). The van der Waals surface area contributed by atoms with Gasteiger partial charge in [0, 0.05) is 5.02 Å². The fourth-order valence-corrected chi connectivity index (χ4v) is 2.57. The van der Waals surface area contributed by atoms with Gasteiger partial charge in [0.15, 0.2) is 0 Å². The Hall–Kier alpha value is -1.10. The number of rotatable bonds is 5. The Balaban J connectivity index is 2.33. The van der Waals surface area contributed by atoms with Crippen molar-refractivity contribution in [3.63, 3.8) is 0 Å². The zero-order chi connectivity index (χ0) is 14.7. The molecule has 6 heteroatoms. The molecule has 0 saturated heterocycles. The lowest BCUT2D eigenvalue weighted by molar-refractivity contribution is 0.555. The normalized spacial score (nSPS) is 12.7. The molecule has 20 heavy (non-hydrogen) atoms. The van der Waals surface area contributed by atoms with Crippen LogP contribution in [0.25, 0.3) is 5.69 Å². The van der Waals surface area contributed by atoms with E-state index in [9.17, 15) is 0 Å². The molecule has 0 amide bonds. The van der Waals surface area contributed by atoms with Crippen LogP contribution in [0.3, 0.4) is 0 Å². The highest BCUT2D eigenvalue weighted by molar-refractivity contribution is 6.35. The molecular weight excluding hydrogens is 295 g/mol. The molecule has 4 nitrogen and oxygen atoms in total. The number of nitrogens with one attached hydrogen (secondary N) is 1. The van der Waals surface area contributed by atoms with Gasteiger partial charge in [-0.2, -0.15) is 0 Å². The average Bonchev–Trinajstić information content (AvgIpc) is 2.78. The minimum absolute atomic E-state index is 0.162. The summed E-state index contributed by atoms with van der Waals surface area (Å²) in [5, 5.41) is 13.0. The summed E-state index contributed by atoms with van der Waals surface area (Å²) in [6, 6.07) is 5.51. The molecule has 0 aliphatic rings. The Morgan fingerprint density at radius 1 is 1.35 bits per heavy atom. The topological polar surface area (TPSA) is 42.7 Å². The van der Waals surface area contributed by atoms with E-state index in [1.54, 1.807) is 16.8 Å². The Labute approximate surface area is 129 Å². The van der Waals surface area contributed by atoms with Crippen molar-refractivity contribution in [2.75, 3.05) is 6.54 Å². The molecule has 1 N–H and O–H groups in total. The van der Waals surface area contributed by atoms with Gasteiger partial charge in [0.1, 0.15) is 5.69 Å². The van der Waals surface area contributed by atoms with Crippen molar-refractivity contribution in [1.82, 2.24) is 20.3 Å². The fourth-order valence-electron chi connectivity index (χ4n) is 2.08. The predicted octanol–water partition coefficient (Wildman–Crippen LogP) is 3.94. The first-order chi connectivity index (χ1) is 9.54. The molecule has 0 aliphatic carbocycles. The molecule has 1 atom stereocenters. The molecule has 0 bridgehead atoms. The van der Waals surface area contributed by atoms with Crippen molar-refractivity contribution in [3.8, 4) is 5.69 Å². The average molecular weight is 313 g/mol. The Kier molecular flexibility index (Phi) is 5.02. The van der Waals surface area contributed by atoms with E-state index in [0.717, 1.165) is 30.0 Å². The summed E-state index contributed by atoms with van der Waals surface area (Å²) in [4.78, 5) is 0. The van der Waals surface area contributed by atoms with Crippen LogP contribution in [0.15, 0.2) is 18.2 Å². The lowest BCUT2D eigenvalue weighted by Gasteiger charge is -2.12. The van der Waals surface area contributed by atoms with Crippen LogP contribution >= 0.6 is 23.2 Å². The molecule has 1 heterocycles. The van der Waals surface area contributed by atoms with Crippen molar-refractivity contribution in [2.24, 2.45) is 0 Å². The van der Waals surface area contributed by atoms with E-state index < -0.39 is 0 Å². The fraction of sp³-hybridized carbons (Fsp3) is 0.429. The van der Waals surface area contributed by atoms with Gasteiger partial charge in [-0.05, 0) is 45.0 Å². The van der Waals surface area contributed by atoms with Gasteiger partial charge in [-0.3, -0.25) is 0 Å². The molecule has 0 saturated carbocycles. The number of halogens is 2. The summed E-state index contributed by atoms with van der Waals surface area (Å²) in [6.07, 6.45) is 1.08. The van der Waals surface area contributed by atoms with Gasteiger partial charge in [0.05, 0.1) is 22.4 Å². The smallest absolute Gasteiger partial charge is 0.103 e. The van der Waals surface area contributed by atoms with Crippen LogP contribution in [0.2, 0.25) is 10.0 Å². The number of hydrogen-bond acceptors (Lipinski definition) is 3. The van der Waals surface area contributed by atoms with Crippen LogP contribution < -0.4 is 5.32 Å². The van der Waals surface area contributed by atoms with Crippen LogP contribution in [0, 0.1) is 6.92 Å². The van der Waals surface area contributed by atoms with E-state index in [2.05, 4.69) is 29.5 Å². The summed E-state index contributed by atoms with van der Waals surface area (Å²) < 4.78 is 1.75. The molecule has 108 valence electrons. The monoisotopic (exact) mass is 312 g/mol. The Morgan fingerprint density at radius 2 is 2.10 bits per heavy atom. The van der Waals surface area contributed by atoms with E-state index in [1.165, 1.54) is 0 Å². The molecule has 0 aliphatic heterocycles. The van der Waals surface area contributed by atoms with E-state index in [-0.39, 0.29) is 6.04 Å². The quantitative estimate of drug-likeness (QED) is 0.909. The van der Waals surface area contributed by atoms with Crippen LogP contribution in [-0.2, 0) is 0 Å². The molecule has 1 unspecified atom stereocenters. The van der Waals surface area contributed by atoms with Crippen LogP contribution in [-0.4, -0.2) is 21.5 Å².